The number of aromatic amines is 1. The average molecular weight is 364 g/mol. The molecule has 0 fully saturated rings. The molecular weight excluding hydrogens is 347 g/mol. The Morgan fingerprint density at radius 3 is 2.88 bits per heavy atom. The van der Waals surface area contributed by atoms with Crippen LogP contribution in [0.1, 0.15) is 12.7 Å². The molecule has 2 heterocycles. The van der Waals surface area contributed by atoms with Gasteiger partial charge in [-0.2, -0.15) is 11.8 Å². The summed E-state index contributed by atoms with van der Waals surface area (Å²) in [5, 5.41) is 2.46. The van der Waals surface area contributed by atoms with E-state index < -0.39 is 0 Å². The molecule has 1 aromatic carbocycles. The molecule has 0 amide bonds. The maximum absolute atomic E-state index is 13.1. The molecule has 3 rings (SSSR count). The van der Waals surface area contributed by atoms with Crippen molar-refractivity contribution in [3.63, 3.8) is 0 Å². The largest absolute Gasteiger partial charge is 0.381 e. The number of nitrogens with zero attached hydrogens (tertiary/aromatic N) is 1. The normalized spacial score (nSPS) is 11.2. The molecule has 0 aliphatic carbocycles. The molecule has 0 radical (unpaired) electrons. The van der Waals surface area contributed by atoms with E-state index in [1.54, 1.807) is 23.9 Å². The fourth-order valence-corrected chi connectivity index (χ4v) is 4.01. The van der Waals surface area contributed by atoms with Gasteiger partial charge in [0.1, 0.15) is 16.5 Å². The number of halogens is 1. The van der Waals surface area contributed by atoms with Crippen molar-refractivity contribution in [2.75, 3.05) is 19.0 Å². The topological polar surface area (TPSA) is 55.0 Å². The second kappa shape index (κ2) is 7.92. The van der Waals surface area contributed by atoms with E-state index in [4.69, 9.17) is 4.74 Å². The quantitative estimate of drug-likeness (QED) is 0.643. The lowest BCUT2D eigenvalue weighted by atomic mass is 10.1. The Hall–Kier alpha value is -1.70. The van der Waals surface area contributed by atoms with Crippen LogP contribution in [0.3, 0.4) is 0 Å². The summed E-state index contributed by atoms with van der Waals surface area (Å²) in [4.78, 5) is 20.6. The zero-order valence-corrected chi connectivity index (χ0v) is 14.8. The third-order valence-corrected chi connectivity index (χ3v) is 5.27. The highest BCUT2D eigenvalue weighted by Gasteiger charge is 2.13. The Kier molecular flexibility index (Phi) is 5.65. The minimum absolute atomic E-state index is 0.152. The van der Waals surface area contributed by atoms with Crippen molar-refractivity contribution in [2.24, 2.45) is 0 Å². The van der Waals surface area contributed by atoms with Gasteiger partial charge in [-0.15, -0.1) is 11.3 Å². The Morgan fingerprint density at radius 1 is 1.33 bits per heavy atom. The van der Waals surface area contributed by atoms with E-state index in [0.717, 1.165) is 16.9 Å². The van der Waals surface area contributed by atoms with E-state index in [0.29, 0.717) is 35.0 Å². The fraction of sp³-hybridized carbons (Fsp3) is 0.294. The predicted octanol–water partition coefficient (Wildman–Crippen LogP) is 4.06. The summed E-state index contributed by atoms with van der Waals surface area (Å²) < 4.78 is 18.4. The average Bonchev–Trinajstić information content (AvgIpc) is 3.00. The van der Waals surface area contributed by atoms with Crippen molar-refractivity contribution in [2.45, 2.75) is 12.7 Å². The molecule has 0 bridgehead atoms. The second-order valence-electron chi connectivity index (χ2n) is 5.10. The van der Waals surface area contributed by atoms with Crippen LogP contribution in [0.5, 0.6) is 0 Å². The number of ether oxygens (including phenoxy) is 1. The summed E-state index contributed by atoms with van der Waals surface area (Å²) in [7, 11) is 0. The summed E-state index contributed by atoms with van der Waals surface area (Å²) in [5.41, 5.74) is 1.45. The minimum atomic E-state index is -0.295. The van der Waals surface area contributed by atoms with Gasteiger partial charge in [0.15, 0.2) is 0 Å². The molecule has 2 aromatic heterocycles. The molecule has 0 aliphatic rings. The van der Waals surface area contributed by atoms with E-state index in [1.165, 1.54) is 23.5 Å². The van der Waals surface area contributed by atoms with Gasteiger partial charge in [0.25, 0.3) is 5.56 Å². The maximum Gasteiger partial charge on any atom is 0.260 e. The first-order chi connectivity index (χ1) is 11.7. The van der Waals surface area contributed by atoms with Crippen molar-refractivity contribution in [1.82, 2.24) is 9.97 Å². The first-order valence-corrected chi connectivity index (χ1v) is 9.64. The lowest BCUT2D eigenvalue weighted by molar-refractivity contribution is 0.164. The highest BCUT2D eigenvalue weighted by Crippen LogP contribution is 2.30. The first-order valence-electron chi connectivity index (χ1n) is 7.61. The number of aromatic nitrogens is 2. The monoisotopic (exact) mass is 364 g/mol. The van der Waals surface area contributed by atoms with Gasteiger partial charge in [0.2, 0.25) is 0 Å². The van der Waals surface area contributed by atoms with Crippen molar-refractivity contribution >= 4 is 33.3 Å². The third-order valence-electron chi connectivity index (χ3n) is 3.46. The molecular formula is C17H17FN2O2S2. The van der Waals surface area contributed by atoms with Gasteiger partial charge in [0, 0.05) is 23.3 Å². The molecule has 24 heavy (non-hydrogen) atoms. The Labute approximate surface area is 147 Å². The van der Waals surface area contributed by atoms with E-state index in [9.17, 15) is 9.18 Å². The minimum Gasteiger partial charge on any atom is -0.381 e. The van der Waals surface area contributed by atoms with Crippen LogP contribution in [-0.2, 0) is 10.5 Å². The number of thioether (sulfide) groups is 1. The van der Waals surface area contributed by atoms with Crippen LogP contribution in [0.25, 0.3) is 21.3 Å². The zero-order valence-electron chi connectivity index (χ0n) is 13.2. The third kappa shape index (κ3) is 3.85. The summed E-state index contributed by atoms with van der Waals surface area (Å²) in [5.74, 6) is 1.88. The highest BCUT2D eigenvalue weighted by molar-refractivity contribution is 7.98. The lowest BCUT2D eigenvalue weighted by Gasteiger charge is -2.03. The summed E-state index contributed by atoms with van der Waals surface area (Å²) in [6, 6.07) is 6.13. The van der Waals surface area contributed by atoms with Crippen LogP contribution < -0.4 is 5.56 Å². The van der Waals surface area contributed by atoms with E-state index in [1.807, 2.05) is 12.3 Å². The second-order valence-corrected chi connectivity index (χ2v) is 7.06. The predicted molar refractivity (Wildman–Crippen MR) is 98.3 cm³/mol. The summed E-state index contributed by atoms with van der Waals surface area (Å²) in [6.45, 7) is 3.37. The van der Waals surface area contributed by atoms with Gasteiger partial charge in [-0.1, -0.05) is 12.1 Å². The van der Waals surface area contributed by atoms with E-state index in [2.05, 4.69) is 9.97 Å². The Morgan fingerprint density at radius 2 is 2.12 bits per heavy atom. The number of hydrogen-bond acceptors (Lipinski definition) is 5. The van der Waals surface area contributed by atoms with Crippen LogP contribution in [-0.4, -0.2) is 28.9 Å². The molecule has 0 unspecified atom stereocenters. The van der Waals surface area contributed by atoms with Gasteiger partial charge in [-0.25, -0.2) is 9.37 Å². The molecule has 0 spiro atoms. The molecule has 0 saturated heterocycles. The van der Waals surface area contributed by atoms with Gasteiger partial charge >= 0.3 is 0 Å². The SMILES string of the molecule is CCOCCSCc1nc2scc(-c3ccc(F)cc3)c2c(=O)[nH]1. The molecule has 3 aromatic rings. The molecule has 7 heteroatoms. The molecule has 0 aliphatic heterocycles. The van der Waals surface area contributed by atoms with E-state index >= 15 is 0 Å². The van der Waals surface area contributed by atoms with Crippen molar-refractivity contribution in [1.29, 1.82) is 0 Å². The summed E-state index contributed by atoms with van der Waals surface area (Å²) >= 11 is 3.10. The Bertz CT molecular complexity index is 874. The Balaban J connectivity index is 1.83. The van der Waals surface area contributed by atoms with E-state index in [-0.39, 0.29) is 11.4 Å². The molecule has 126 valence electrons. The first kappa shape index (κ1) is 17.1. The molecule has 0 saturated carbocycles. The fourth-order valence-electron chi connectivity index (χ4n) is 2.33. The van der Waals surface area contributed by atoms with Crippen LogP contribution >= 0.6 is 23.1 Å². The zero-order chi connectivity index (χ0) is 16.9. The van der Waals surface area contributed by atoms with Crippen LogP contribution in [0.2, 0.25) is 0 Å². The standard InChI is InChI=1S/C17H17FN2O2S2/c1-2-22-7-8-23-10-14-19-16(21)15-13(9-24-17(15)20-14)11-3-5-12(18)6-4-11/h3-6,9H,2,7-8,10H2,1H3,(H,19,20,21). The van der Waals surface area contributed by atoms with Crippen molar-refractivity contribution < 1.29 is 9.13 Å². The molecule has 4 nitrogen and oxygen atoms in total. The van der Waals surface area contributed by atoms with Gasteiger partial charge in [-0.3, -0.25) is 4.79 Å². The number of fused-ring (bicyclic) bond motifs is 1. The van der Waals surface area contributed by atoms with Crippen LogP contribution in [0, 0.1) is 5.82 Å². The number of nitrogens with one attached hydrogen (secondary N) is 1. The van der Waals surface area contributed by atoms with Crippen LogP contribution in [0.15, 0.2) is 34.4 Å². The van der Waals surface area contributed by atoms with Crippen LogP contribution in [0.4, 0.5) is 4.39 Å². The number of benzene rings is 1. The number of rotatable bonds is 7. The maximum atomic E-state index is 13.1. The lowest BCUT2D eigenvalue weighted by Crippen LogP contribution is -2.11. The summed E-state index contributed by atoms with van der Waals surface area (Å²) in [6.07, 6.45) is 0. The van der Waals surface area contributed by atoms with Gasteiger partial charge in [-0.05, 0) is 24.6 Å². The van der Waals surface area contributed by atoms with Gasteiger partial charge in [0.05, 0.1) is 17.7 Å². The molecule has 0 atom stereocenters. The van der Waals surface area contributed by atoms with Crippen molar-refractivity contribution in [3.8, 4) is 11.1 Å². The highest BCUT2D eigenvalue weighted by atomic mass is 32.2. The van der Waals surface area contributed by atoms with Crippen molar-refractivity contribution in [3.05, 3.63) is 51.6 Å². The number of hydrogen-bond donors (Lipinski definition) is 1. The number of thiophene rings is 1. The van der Waals surface area contributed by atoms with Gasteiger partial charge < -0.3 is 9.72 Å². The molecule has 1 N–H and O–H groups in total. The smallest absolute Gasteiger partial charge is 0.260 e. The number of H-pyrrole nitrogens is 1.